The molecule has 1 aromatic heterocycles. The van der Waals surface area contributed by atoms with Crippen LogP contribution >= 0.6 is 11.8 Å². The molecule has 5 nitrogen and oxygen atoms in total. The van der Waals surface area contributed by atoms with Crippen LogP contribution in [0.5, 0.6) is 0 Å². The Labute approximate surface area is 134 Å². The van der Waals surface area contributed by atoms with Gasteiger partial charge in [0, 0.05) is 29.9 Å². The minimum atomic E-state index is -0.118. The molecule has 2 N–H and O–H groups in total. The average molecular weight is 316 g/mol. The number of rotatable bonds is 4. The summed E-state index contributed by atoms with van der Waals surface area (Å²) in [4.78, 5) is 12.0. The molecule has 22 heavy (non-hydrogen) atoms. The lowest BCUT2D eigenvalue weighted by Gasteiger charge is -2.22. The number of carbonyl (C=O) groups is 1. The third-order valence-electron chi connectivity index (χ3n) is 3.61. The van der Waals surface area contributed by atoms with E-state index in [1.807, 2.05) is 53.0 Å². The van der Waals surface area contributed by atoms with Crippen LogP contribution in [0.25, 0.3) is 0 Å². The van der Waals surface area contributed by atoms with Crippen LogP contribution in [0, 0.1) is 0 Å². The number of anilines is 1. The molecule has 1 aliphatic heterocycles. The second-order valence-electron chi connectivity index (χ2n) is 5.41. The van der Waals surface area contributed by atoms with E-state index in [1.165, 1.54) is 12.2 Å². The summed E-state index contributed by atoms with van der Waals surface area (Å²) in [6.45, 7) is 0.735. The van der Waals surface area contributed by atoms with Crippen LogP contribution in [0.15, 0.2) is 42.7 Å². The third kappa shape index (κ3) is 4.27. The van der Waals surface area contributed by atoms with Gasteiger partial charge < -0.3 is 10.6 Å². The zero-order chi connectivity index (χ0) is 15.2. The highest BCUT2D eigenvalue weighted by Gasteiger charge is 2.15. The highest BCUT2D eigenvalue weighted by atomic mass is 32.2. The minimum absolute atomic E-state index is 0.118. The zero-order valence-corrected chi connectivity index (χ0v) is 13.2. The number of aromatic nitrogens is 2. The standard InChI is InChI=1S/C16H20N4OS/c21-16(19-15-3-1-10-22-12-15)18-14-6-4-13(5-7-14)11-20-9-2-8-17-20/h2,4-9,15H,1,3,10-12H2,(H2,18,19,21)/t15-/m1/s1. The normalized spacial score (nSPS) is 17.9. The SMILES string of the molecule is O=C(Nc1ccc(Cn2cccn2)cc1)N[C@@H]1CCCSC1. The minimum Gasteiger partial charge on any atom is -0.334 e. The first-order chi connectivity index (χ1) is 10.8. The summed E-state index contributed by atoms with van der Waals surface area (Å²) >= 11 is 1.90. The predicted molar refractivity (Wildman–Crippen MR) is 90.3 cm³/mol. The van der Waals surface area contributed by atoms with E-state index in [2.05, 4.69) is 15.7 Å². The molecule has 1 aliphatic rings. The van der Waals surface area contributed by atoms with E-state index in [0.717, 1.165) is 30.0 Å². The zero-order valence-electron chi connectivity index (χ0n) is 12.4. The summed E-state index contributed by atoms with van der Waals surface area (Å²) in [5, 5.41) is 10.1. The molecular weight excluding hydrogens is 296 g/mol. The van der Waals surface area contributed by atoms with Gasteiger partial charge in [-0.05, 0) is 42.4 Å². The second kappa shape index (κ2) is 7.35. The molecule has 1 aromatic carbocycles. The van der Waals surface area contributed by atoms with Gasteiger partial charge in [0.1, 0.15) is 0 Å². The molecule has 0 bridgehead atoms. The lowest BCUT2D eigenvalue weighted by Crippen LogP contribution is -2.40. The Balaban J connectivity index is 1.50. The lowest BCUT2D eigenvalue weighted by atomic mass is 10.2. The second-order valence-corrected chi connectivity index (χ2v) is 6.56. The molecule has 2 heterocycles. The Bertz CT molecular complexity index is 591. The molecule has 0 aliphatic carbocycles. The molecule has 1 atom stereocenters. The van der Waals surface area contributed by atoms with Crippen LogP contribution in [0.3, 0.4) is 0 Å². The van der Waals surface area contributed by atoms with Crippen LogP contribution in [0.4, 0.5) is 10.5 Å². The number of amides is 2. The largest absolute Gasteiger partial charge is 0.334 e. The molecule has 3 rings (SSSR count). The van der Waals surface area contributed by atoms with Crippen LogP contribution in [-0.4, -0.2) is 33.4 Å². The Hall–Kier alpha value is -1.95. The first kappa shape index (κ1) is 15.0. The first-order valence-corrected chi connectivity index (χ1v) is 8.67. The molecule has 0 spiro atoms. The number of benzene rings is 1. The van der Waals surface area contributed by atoms with Crippen molar-refractivity contribution in [3.63, 3.8) is 0 Å². The molecular formula is C16H20N4OS. The molecule has 116 valence electrons. The van der Waals surface area contributed by atoms with Gasteiger partial charge in [-0.25, -0.2) is 4.79 Å². The molecule has 0 radical (unpaired) electrons. The van der Waals surface area contributed by atoms with E-state index in [-0.39, 0.29) is 12.1 Å². The monoisotopic (exact) mass is 316 g/mol. The van der Waals surface area contributed by atoms with Crippen molar-refractivity contribution in [2.24, 2.45) is 0 Å². The summed E-state index contributed by atoms with van der Waals surface area (Å²) in [7, 11) is 0. The van der Waals surface area contributed by atoms with Gasteiger partial charge in [-0.15, -0.1) is 0 Å². The molecule has 6 heteroatoms. The molecule has 2 aromatic rings. The highest BCUT2D eigenvalue weighted by Crippen LogP contribution is 2.17. The smallest absolute Gasteiger partial charge is 0.319 e. The molecule has 0 unspecified atom stereocenters. The van der Waals surface area contributed by atoms with Gasteiger partial charge in [0.15, 0.2) is 0 Å². The Morgan fingerprint density at radius 1 is 1.36 bits per heavy atom. The lowest BCUT2D eigenvalue weighted by molar-refractivity contribution is 0.248. The topological polar surface area (TPSA) is 59.0 Å². The van der Waals surface area contributed by atoms with E-state index in [1.54, 1.807) is 6.20 Å². The van der Waals surface area contributed by atoms with Gasteiger partial charge in [-0.1, -0.05) is 12.1 Å². The summed E-state index contributed by atoms with van der Waals surface area (Å²) in [6, 6.07) is 9.94. The van der Waals surface area contributed by atoms with Crippen LogP contribution in [0.2, 0.25) is 0 Å². The Morgan fingerprint density at radius 2 is 2.23 bits per heavy atom. The fourth-order valence-corrected chi connectivity index (χ4v) is 3.55. The summed E-state index contributed by atoms with van der Waals surface area (Å²) in [5.74, 6) is 2.22. The number of thioether (sulfide) groups is 1. The maximum atomic E-state index is 12.0. The maximum absolute atomic E-state index is 12.0. The van der Waals surface area contributed by atoms with E-state index < -0.39 is 0 Å². The molecule has 1 saturated heterocycles. The Morgan fingerprint density at radius 3 is 2.91 bits per heavy atom. The first-order valence-electron chi connectivity index (χ1n) is 7.51. The van der Waals surface area contributed by atoms with Crippen molar-refractivity contribution in [3.8, 4) is 0 Å². The maximum Gasteiger partial charge on any atom is 0.319 e. The fraction of sp³-hybridized carbons (Fsp3) is 0.375. The number of hydrogen-bond acceptors (Lipinski definition) is 3. The van der Waals surface area contributed by atoms with Gasteiger partial charge in [0.05, 0.1) is 6.54 Å². The number of nitrogens with zero attached hydrogens (tertiary/aromatic N) is 2. The summed E-state index contributed by atoms with van der Waals surface area (Å²) < 4.78 is 1.87. The van der Waals surface area contributed by atoms with Gasteiger partial charge in [0.2, 0.25) is 0 Å². The third-order valence-corrected chi connectivity index (χ3v) is 4.83. The molecule has 1 fully saturated rings. The van der Waals surface area contributed by atoms with Crippen molar-refractivity contribution in [3.05, 3.63) is 48.3 Å². The van der Waals surface area contributed by atoms with Crippen molar-refractivity contribution in [1.82, 2.24) is 15.1 Å². The van der Waals surface area contributed by atoms with Gasteiger partial charge in [0.25, 0.3) is 0 Å². The van der Waals surface area contributed by atoms with E-state index >= 15 is 0 Å². The quantitative estimate of drug-likeness (QED) is 0.912. The van der Waals surface area contributed by atoms with E-state index in [9.17, 15) is 4.79 Å². The van der Waals surface area contributed by atoms with Crippen LogP contribution in [0.1, 0.15) is 18.4 Å². The van der Waals surface area contributed by atoms with Crippen molar-refractivity contribution in [1.29, 1.82) is 0 Å². The number of nitrogens with one attached hydrogen (secondary N) is 2. The summed E-state index contributed by atoms with van der Waals surface area (Å²) in [5.41, 5.74) is 1.96. The predicted octanol–water partition coefficient (Wildman–Crippen LogP) is 2.95. The van der Waals surface area contributed by atoms with Crippen molar-refractivity contribution in [2.45, 2.75) is 25.4 Å². The summed E-state index contributed by atoms with van der Waals surface area (Å²) in [6.07, 6.45) is 5.95. The van der Waals surface area contributed by atoms with Gasteiger partial charge >= 0.3 is 6.03 Å². The van der Waals surface area contributed by atoms with Crippen LogP contribution < -0.4 is 10.6 Å². The van der Waals surface area contributed by atoms with E-state index in [0.29, 0.717) is 0 Å². The van der Waals surface area contributed by atoms with Gasteiger partial charge in [-0.3, -0.25) is 4.68 Å². The molecule has 0 saturated carbocycles. The highest BCUT2D eigenvalue weighted by molar-refractivity contribution is 7.99. The van der Waals surface area contributed by atoms with Crippen molar-refractivity contribution < 1.29 is 4.79 Å². The van der Waals surface area contributed by atoms with Gasteiger partial charge in [-0.2, -0.15) is 16.9 Å². The number of carbonyl (C=O) groups excluding carboxylic acids is 1. The van der Waals surface area contributed by atoms with Crippen molar-refractivity contribution in [2.75, 3.05) is 16.8 Å². The van der Waals surface area contributed by atoms with E-state index in [4.69, 9.17) is 0 Å². The Kier molecular flexibility index (Phi) is 5.00. The number of urea groups is 1. The average Bonchev–Trinajstić information content (AvgIpc) is 3.03. The molecule has 2 amide bonds. The van der Waals surface area contributed by atoms with Crippen LogP contribution in [-0.2, 0) is 6.54 Å². The number of hydrogen-bond donors (Lipinski definition) is 2. The van der Waals surface area contributed by atoms with Crippen molar-refractivity contribution >= 4 is 23.5 Å². The fourth-order valence-electron chi connectivity index (χ4n) is 2.48.